The van der Waals surface area contributed by atoms with Gasteiger partial charge in [0.05, 0.1) is 0 Å². The molecule has 0 aliphatic carbocycles. The standard InChI is InChI=1S/C25H73N16O3P5/c1-30(2)45(31(3)4,32(5)6)26-49(44-25(42)43,27-46(33(7)8,34(9)10)35(11)12,28-47(36(13)14,37(15)16)38(17)18)29-48(39(19)20,40(21)22)41(23)24/h1-24H3,(H,42,43). The monoisotopic (exact) mass is 800 g/mol. The van der Waals surface area contributed by atoms with Crippen molar-refractivity contribution >= 4 is 43.6 Å². The van der Waals surface area contributed by atoms with E-state index in [9.17, 15) is 9.90 Å². The van der Waals surface area contributed by atoms with Crippen LogP contribution in [-0.4, -0.2) is 236 Å². The van der Waals surface area contributed by atoms with Gasteiger partial charge in [-0.3, -0.25) is 0 Å². The molecule has 0 aliphatic rings. The van der Waals surface area contributed by atoms with Crippen molar-refractivity contribution in [3.63, 3.8) is 0 Å². The molecular formula is C25H73N16O3P5. The zero-order valence-electron chi connectivity index (χ0n) is 35.2. The zero-order chi connectivity index (χ0) is 39.5. The van der Waals surface area contributed by atoms with E-state index in [2.05, 4.69) is 0 Å². The molecule has 0 rings (SSSR count). The molecule has 0 aromatic rings. The second-order valence-electron chi connectivity index (χ2n) is 13.9. The number of carbonyl (C=O) groups is 1. The summed E-state index contributed by atoms with van der Waals surface area (Å²) in [5.41, 5.74) is 0. The molecule has 0 bridgehead atoms. The third-order valence-electron chi connectivity index (χ3n) is 7.79. The van der Waals surface area contributed by atoms with Crippen LogP contribution in [0.1, 0.15) is 0 Å². The molecule has 1 N–H and O–H groups in total. The van der Waals surface area contributed by atoms with E-state index in [0.717, 1.165) is 0 Å². The Hall–Kier alpha value is 0.140. The van der Waals surface area contributed by atoms with E-state index in [1.807, 2.05) is 225 Å². The van der Waals surface area contributed by atoms with E-state index in [1.54, 1.807) is 0 Å². The topological polar surface area (TPSA) is 135 Å². The second kappa shape index (κ2) is 17.5. The molecule has 24 heteroatoms. The molecule has 0 aliphatic heterocycles. The van der Waals surface area contributed by atoms with E-state index in [-0.39, 0.29) is 0 Å². The molecule has 0 aromatic carbocycles. The van der Waals surface area contributed by atoms with E-state index >= 15 is 0 Å². The molecule has 0 radical (unpaired) electrons. The van der Waals surface area contributed by atoms with Gasteiger partial charge in [-0.2, -0.15) is 0 Å². The Morgan fingerprint density at radius 3 is 0.571 bits per heavy atom. The average molecular weight is 801 g/mol. The molecule has 0 saturated carbocycles. The van der Waals surface area contributed by atoms with E-state index in [1.165, 1.54) is 0 Å². The molecule has 0 amide bonds. The van der Waals surface area contributed by atoms with Crippen LogP contribution in [0.15, 0.2) is 18.1 Å². The van der Waals surface area contributed by atoms with Crippen LogP contribution in [0.25, 0.3) is 0 Å². The predicted octanol–water partition coefficient (Wildman–Crippen LogP) is 5.33. The Morgan fingerprint density at radius 2 is 0.490 bits per heavy atom. The third kappa shape index (κ3) is 9.10. The predicted molar refractivity (Wildman–Crippen MR) is 218 cm³/mol. The molecule has 19 nitrogen and oxygen atoms in total. The zero-order valence-corrected chi connectivity index (χ0v) is 39.6. The van der Waals surface area contributed by atoms with Crippen molar-refractivity contribution in [3.8, 4) is 0 Å². The van der Waals surface area contributed by atoms with E-state index in [0.29, 0.717) is 0 Å². The van der Waals surface area contributed by atoms with Crippen LogP contribution < -0.4 is 0 Å². The van der Waals surface area contributed by atoms with Crippen LogP contribution in [0.4, 0.5) is 4.79 Å². The molecule has 0 unspecified atom stereocenters. The van der Waals surface area contributed by atoms with E-state index < -0.39 is 43.6 Å². The van der Waals surface area contributed by atoms with Gasteiger partial charge >= 0.3 is 301 Å². The summed E-state index contributed by atoms with van der Waals surface area (Å²) in [4.78, 5) is 13.7. The van der Waals surface area contributed by atoms with Crippen LogP contribution in [0.3, 0.4) is 0 Å². The van der Waals surface area contributed by atoms with Gasteiger partial charge in [-0.05, 0) is 0 Å². The van der Waals surface area contributed by atoms with Gasteiger partial charge in [0.1, 0.15) is 0 Å². The molecule has 0 aromatic heterocycles. The minimum absolute atomic E-state index is 1.56. The molecule has 0 heterocycles. The summed E-state index contributed by atoms with van der Waals surface area (Å²) in [7, 11) is 28.5. The van der Waals surface area contributed by atoms with Gasteiger partial charge in [-0.25, -0.2) is 0 Å². The van der Waals surface area contributed by atoms with Crippen LogP contribution >= 0.6 is 37.5 Å². The number of nitrogens with zero attached hydrogens (tertiary/aromatic N) is 16. The van der Waals surface area contributed by atoms with Gasteiger partial charge in [0.2, 0.25) is 0 Å². The maximum atomic E-state index is 13.7. The first-order valence-electron chi connectivity index (χ1n) is 15.5. The van der Waals surface area contributed by atoms with Crippen molar-refractivity contribution in [1.82, 2.24) is 56.0 Å². The van der Waals surface area contributed by atoms with Crippen LogP contribution in [-0.2, 0) is 4.52 Å². The Morgan fingerprint density at radius 1 is 0.367 bits per heavy atom. The molecular weight excluding hydrogens is 727 g/mol. The van der Waals surface area contributed by atoms with Gasteiger partial charge < -0.3 is 0 Å². The first kappa shape index (κ1) is 49.1. The summed E-state index contributed by atoms with van der Waals surface area (Å²) in [6.07, 6.45) is -1.56. The molecule has 0 atom stereocenters. The number of hydrogen-bond donors (Lipinski definition) is 1. The fraction of sp³-hybridized carbons (Fsp3) is 0.960. The summed E-state index contributed by atoms with van der Waals surface area (Å²) in [5.74, 6) is 0. The molecule has 296 valence electrons. The van der Waals surface area contributed by atoms with Crippen LogP contribution in [0.2, 0.25) is 0 Å². The Kier molecular flexibility index (Phi) is 17.6. The Labute approximate surface area is 300 Å². The van der Waals surface area contributed by atoms with Crippen LogP contribution in [0, 0.1) is 0 Å². The summed E-state index contributed by atoms with van der Waals surface area (Å²) in [5, 5.41) is 11.1. The fourth-order valence-electron chi connectivity index (χ4n) is 6.41. The van der Waals surface area contributed by atoms with Crippen molar-refractivity contribution in [2.24, 2.45) is 18.1 Å². The van der Waals surface area contributed by atoms with Gasteiger partial charge in [-0.15, -0.1) is 0 Å². The van der Waals surface area contributed by atoms with E-state index in [4.69, 9.17) is 22.6 Å². The molecule has 49 heavy (non-hydrogen) atoms. The normalized spacial score (nSPS) is 15.3. The van der Waals surface area contributed by atoms with Crippen LogP contribution in [0.5, 0.6) is 0 Å². The fourth-order valence-corrected chi connectivity index (χ4v) is 33.1. The van der Waals surface area contributed by atoms with Gasteiger partial charge in [-0.1, -0.05) is 0 Å². The second-order valence-corrected chi connectivity index (χ2v) is 32.6. The summed E-state index contributed by atoms with van der Waals surface area (Å²) in [6, 6.07) is 0. The quantitative estimate of drug-likeness (QED) is 0.190. The first-order chi connectivity index (χ1) is 21.9. The van der Waals surface area contributed by atoms with Gasteiger partial charge in [0.15, 0.2) is 0 Å². The minimum atomic E-state index is -5.66. The number of carboxylic acid groups (broad SMARTS) is 1. The first-order valence-corrected chi connectivity index (χ1v) is 23.9. The van der Waals surface area contributed by atoms with Gasteiger partial charge in [0.25, 0.3) is 0 Å². The molecule has 0 fully saturated rings. The summed E-state index contributed by atoms with van der Waals surface area (Å²) < 4.78 is 54.3. The van der Waals surface area contributed by atoms with Crippen molar-refractivity contribution in [2.45, 2.75) is 0 Å². The van der Waals surface area contributed by atoms with Crippen molar-refractivity contribution in [3.05, 3.63) is 0 Å². The molecule has 0 spiro atoms. The maximum absolute atomic E-state index is 13.7. The number of hydrogen-bond acceptors (Lipinski definition) is 6. The third-order valence-corrected chi connectivity index (χ3v) is 30.0. The average Bonchev–Trinajstić information content (AvgIpc) is 2.90. The summed E-state index contributed by atoms with van der Waals surface area (Å²) in [6.45, 7) is 0. The number of rotatable bonds is 17. The summed E-state index contributed by atoms with van der Waals surface area (Å²) >= 11 is 0. The molecule has 0 saturated heterocycles. The van der Waals surface area contributed by atoms with Crippen molar-refractivity contribution < 1.29 is 14.4 Å². The van der Waals surface area contributed by atoms with Crippen molar-refractivity contribution in [2.75, 3.05) is 169 Å². The SMILES string of the molecule is CN(C)P(=NP(N=P(N(C)C)(N(C)C)N(C)C)(N=P(N(C)C)(N(C)C)N(C)C)(N=P(N(C)C)(N(C)C)N(C)C)OC(=O)O)(N(C)C)N(C)C. The van der Waals surface area contributed by atoms with Gasteiger partial charge in [0, 0.05) is 0 Å². The Balaban J connectivity index is 11.2. The Bertz CT molecular complexity index is 1060. The van der Waals surface area contributed by atoms with Crippen molar-refractivity contribution in [1.29, 1.82) is 0 Å².